The van der Waals surface area contributed by atoms with Crippen molar-refractivity contribution < 1.29 is 4.74 Å². The summed E-state index contributed by atoms with van der Waals surface area (Å²) in [7, 11) is 1.73. The van der Waals surface area contributed by atoms with E-state index in [2.05, 4.69) is 80.6 Å². The number of benzene rings is 3. The van der Waals surface area contributed by atoms with Gasteiger partial charge in [-0.05, 0) is 56.3 Å². The van der Waals surface area contributed by atoms with Gasteiger partial charge in [0, 0.05) is 14.7 Å². The van der Waals surface area contributed by atoms with Gasteiger partial charge in [-0.1, -0.05) is 58.9 Å². The largest absolute Gasteiger partial charge is 0.496 e. The minimum absolute atomic E-state index is 0.915. The SMILES string of the molecule is COc1cc(Sc2ccc(C)cc2)ccc1Sc1ccc(C)cc1. The highest BCUT2D eigenvalue weighted by Gasteiger charge is 2.08. The molecule has 0 aliphatic rings. The Hall–Kier alpha value is -1.84. The monoisotopic (exact) mass is 352 g/mol. The van der Waals surface area contributed by atoms with Crippen LogP contribution in [0.3, 0.4) is 0 Å². The minimum atomic E-state index is 0.915. The number of hydrogen-bond donors (Lipinski definition) is 0. The predicted molar refractivity (Wildman–Crippen MR) is 104 cm³/mol. The second-order valence-electron chi connectivity index (χ2n) is 5.64. The van der Waals surface area contributed by atoms with Crippen LogP contribution in [0.1, 0.15) is 11.1 Å². The molecule has 0 bridgehead atoms. The molecule has 0 N–H and O–H groups in total. The van der Waals surface area contributed by atoms with E-state index in [-0.39, 0.29) is 0 Å². The van der Waals surface area contributed by atoms with Crippen LogP contribution in [0.5, 0.6) is 5.75 Å². The Labute approximate surface area is 152 Å². The lowest BCUT2D eigenvalue weighted by atomic mass is 10.2. The summed E-state index contributed by atoms with van der Waals surface area (Å²) in [6.07, 6.45) is 0. The molecule has 0 atom stereocenters. The number of ether oxygens (including phenoxy) is 1. The van der Waals surface area contributed by atoms with E-state index in [4.69, 9.17) is 4.74 Å². The molecule has 0 spiro atoms. The van der Waals surface area contributed by atoms with Crippen LogP contribution in [0, 0.1) is 13.8 Å². The highest BCUT2D eigenvalue weighted by molar-refractivity contribution is 7.99. The average molecular weight is 353 g/mol. The van der Waals surface area contributed by atoms with E-state index in [1.807, 2.05) is 0 Å². The van der Waals surface area contributed by atoms with Crippen molar-refractivity contribution in [3.63, 3.8) is 0 Å². The zero-order valence-electron chi connectivity index (χ0n) is 14.1. The summed E-state index contributed by atoms with van der Waals surface area (Å²) in [4.78, 5) is 4.78. The molecule has 0 unspecified atom stereocenters. The number of methoxy groups -OCH3 is 1. The Kier molecular flexibility index (Phi) is 5.54. The fourth-order valence-corrected chi connectivity index (χ4v) is 4.02. The first-order valence-corrected chi connectivity index (χ1v) is 9.44. The number of aryl methyl sites for hydroxylation is 2. The lowest BCUT2D eigenvalue weighted by Crippen LogP contribution is -1.87. The Balaban J connectivity index is 1.79. The Morgan fingerprint density at radius 2 is 1.12 bits per heavy atom. The van der Waals surface area contributed by atoms with Crippen molar-refractivity contribution in [3.05, 3.63) is 77.9 Å². The van der Waals surface area contributed by atoms with Gasteiger partial charge < -0.3 is 4.74 Å². The zero-order chi connectivity index (χ0) is 16.9. The van der Waals surface area contributed by atoms with Crippen LogP contribution in [-0.4, -0.2) is 7.11 Å². The average Bonchev–Trinajstić information content (AvgIpc) is 2.60. The second-order valence-corrected chi connectivity index (χ2v) is 7.91. The van der Waals surface area contributed by atoms with Crippen molar-refractivity contribution in [2.75, 3.05) is 7.11 Å². The van der Waals surface area contributed by atoms with Crippen molar-refractivity contribution >= 4 is 23.5 Å². The summed E-state index contributed by atoms with van der Waals surface area (Å²) in [5, 5.41) is 0. The van der Waals surface area contributed by atoms with Crippen LogP contribution < -0.4 is 4.74 Å². The first-order chi connectivity index (χ1) is 11.6. The van der Waals surface area contributed by atoms with Crippen molar-refractivity contribution in [3.8, 4) is 5.75 Å². The van der Waals surface area contributed by atoms with Gasteiger partial charge in [-0.25, -0.2) is 0 Å². The Morgan fingerprint density at radius 3 is 1.67 bits per heavy atom. The molecule has 0 heterocycles. The van der Waals surface area contributed by atoms with E-state index in [1.165, 1.54) is 25.8 Å². The summed E-state index contributed by atoms with van der Waals surface area (Å²) in [6, 6.07) is 23.6. The molecular formula is C21H20OS2. The molecule has 24 heavy (non-hydrogen) atoms. The van der Waals surface area contributed by atoms with Crippen LogP contribution in [0.25, 0.3) is 0 Å². The summed E-state index contributed by atoms with van der Waals surface area (Å²) >= 11 is 3.48. The van der Waals surface area contributed by atoms with Crippen molar-refractivity contribution in [1.29, 1.82) is 0 Å². The third-order valence-electron chi connectivity index (χ3n) is 3.64. The lowest BCUT2D eigenvalue weighted by molar-refractivity contribution is 0.403. The van der Waals surface area contributed by atoms with Gasteiger partial charge in [0.2, 0.25) is 0 Å². The fourth-order valence-electron chi connectivity index (χ4n) is 2.27. The van der Waals surface area contributed by atoms with Gasteiger partial charge in [0.05, 0.1) is 12.0 Å². The summed E-state index contributed by atoms with van der Waals surface area (Å²) in [5.74, 6) is 0.915. The number of rotatable bonds is 5. The van der Waals surface area contributed by atoms with Crippen LogP contribution in [0.4, 0.5) is 0 Å². The van der Waals surface area contributed by atoms with Crippen molar-refractivity contribution in [1.82, 2.24) is 0 Å². The highest BCUT2D eigenvalue weighted by atomic mass is 32.2. The molecule has 0 amide bonds. The molecule has 0 fully saturated rings. The molecule has 3 heteroatoms. The van der Waals surface area contributed by atoms with Crippen LogP contribution in [0.2, 0.25) is 0 Å². The normalized spacial score (nSPS) is 10.6. The molecule has 3 aromatic carbocycles. The van der Waals surface area contributed by atoms with Gasteiger partial charge in [0.15, 0.2) is 0 Å². The third kappa shape index (κ3) is 4.37. The third-order valence-corrected chi connectivity index (χ3v) is 5.70. The zero-order valence-corrected chi connectivity index (χ0v) is 15.7. The molecule has 3 aromatic rings. The van der Waals surface area contributed by atoms with Crippen LogP contribution in [-0.2, 0) is 0 Å². The van der Waals surface area contributed by atoms with Gasteiger partial charge in [-0.3, -0.25) is 0 Å². The van der Waals surface area contributed by atoms with E-state index in [9.17, 15) is 0 Å². The van der Waals surface area contributed by atoms with E-state index >= 15 is 0 Å². The van der Waals surface area contributed by atoms with Gasteiger partial charge in [0.1, 0.15) is 5.75 Å². The standard InChI is InChI=1S/C21H20OS2/c1-15-4-8-17(9-5-15)23-19-12-13-21(20(14-19)22-3)24-18-10-6-16(2)7-11-18/h4-14H,1-3H3. The molecule has 0 aliphatic heterocycles. The number of hydrogen-bond acceptors (Lipinski definition) is 3. The summed E-state index contributed by atoms with van der Waals surface area (Å²) < 4.78 is 5.60. The summed E-state index contributed by atoms with van der Waals surface area (Å²) in [6.45, 7) is 4.21. The topological polar surface area (TPSA) is 9.23 Å². The highest BCUT2D eigenvalue weighted by Crippen LogP contribution is 2.39. The molecule has 0 saturated carbocycles. The molecule has 0 radical (unpaired) electrons. The molecule has 3 rings (SSSR count). The Bertz CT molecular complexity index is 808. The molecule has 0 aromatic heterocycles. The quantitative estimate of drug-likeness (QED) is 0.511. The molecule has 122 valence electrons. The second kappa shape index (κ2) is 7.82. The molecular weight excluding hydrogens is 332 g/mol. The first-order valence-electron chi connectivity index (χ1n) is 7.81. The lowest BCUT2D eigenvalue weighted by Gasteiger charge is -2.11. The molecule has 0 aliphatic carbocycles. The van der Waals surface area contributed by atoms with Gasteiger partial charge in [-0.2, -0.15) is 0 Å². The maximum atomic E-state index is 5.60. The smallest absolute Gasteiger partial charge is 0.133 e. The van der Waals surface area contributed by atoms with E-state index in [0.717, 1.165) is 10.6 Å². The van der Waals surface area contributed by atoms with E-state index in [0.29, 0.717) is 0 Å². The van der Waals surface area contributed by atoms with Crippen LogP contribution >= 0.6 is 23.5 Å². The molecule has 1 nitrogen and oxygen atoms in total. The molecule has 0 saturated heterocycles. The van der Waals surface area contributed by atoms with Crippen molar-refractivity contribution in [2.24, 2.45) is 0 Å². The van der Waals surface area contributed by atoms with Crippen molar-refractivity contribution in [2.45, 2.75) is 33.4 Å². The van der Waals surface area contributed by atoms with E-state index < -0.39 is 0 Å². The fraction of sp³-hybridized carbons (Fsp3) is 0.143. The maximum Gasteiger partial charge on any atom is 0.133 e. The van der Waals surface area contributed by atoms with Gasteiger partial charge in [-0.15, -0.1) is 0 Å². The predicted octanol–water partition coefficient (Wildman–Crippen LogP) is 6.61. The summed E-state index contributed by atoms with van der Waals surface area (Å²) in [5.41, 5.74) is 2.55. The van der Waals surface area contributed by atoms with Crippen LogP contribution in [0.15, 0.2) is 86.3 Å². The van der Waals surface area contributed by atoms with E-state index in [1.54, 1.807) is 30.6 Å². The maximum absolute atomic E-state index is 5.60. The van der Waals surface area contributed by atoms with Gasteiger partial charge >= 0.3 is 0 Å². The minimum Gasteiger partial charge on any atom is -0.496 e. The Morgan fingerprint density at radius 1 is 0.625 bits per heavy atom. The first kappa shape index (κ1) is 17.0. The van der Waals surface area contributed by atoms with Gasteiger partial charge in [0.25, 0.3) is 0 Å².